The van der Waals surface area contributed by atoms with Crippen LogP contribution in [0.2, 0.25) is 0 Å². The van der Waals surface area contributed by atoms with E-state index in [2.05, 4.69) is 16.2 Å². The standard InChI is InChI=1S/C24H21N3O4/c1-31-21-14-10-18(11-15-21)23(29)25-20-12-8-19(9-13-20)24(30)27-26-22(28)16-7-17-5-3-2-4-6-17/h2-16H,1H3,(H,25,29)(H,26,28)(H,27,30)/b16-7+. The summed E-state index contributed by atoms with van der Waals surface area (Å²) >= 11 is 0. The fraction of sp³-hybridized carbons (Fsp3) is 0.0417. The maximum Gasteiger partial charge on any atom is 0.269 e. The van der Waals surface area contributed by atoms with Gasteiger partial charge in [-0.2, -0.15) is 0 Å². The molecule has 3 amide bonds. The Labute approximate surface area is 179 Å². The number of carbonyl (C=O) groups excluding carboxylic acids is 3. The topological polar surface area (TPSA) is 96.5 Å². The average Bonchev–Trinajstić information content (AvgIpc) is 2.82. The number of ether oxygens (including phenoxy) is 1. The van der Waals surface area contributed by atoms with Gasteiger partial charge < -0.3 is 10.1 Å². The highest BCUT2D eigenvalue weighted by atomic mass is 16.5. The maximum atomic E-state index is 12.3. The Hall–Kier alpha value is -4.39. The SMILES string of the molecule is COc1ccc(C(=O)Nc2ccc(C(=O)NNC(=O)/C=C/c3ccccc3)cc2)cc1. The molecule has 3 aromatic rings. The maximum absolute atomic E-state index is 12.3. The number of amides is 3. The molecule has 0 aliphatic rings. The van der Waals surface area contributed by atoms with E-state index in [0.717, 1.165) is 5.56 Å². The van der Waals surface area contributed by atoms with Crippen LogP contribution in [-0.4, -0.2) is 24.8 Å². The molecule has 0 unspecified atom stereocenters. The van der Waals surface area contributed by atoms with Crippen molar-refractivity contribution in [3.8, 4) is 5.75 Å². The normalized spacial score (nSPS) is 10.4. The van der Waals surface area contributed by atoms with Crippen LogP contribution in [-0.2, 0) is 4.79 Å². The number of nitrogens with one attached hydrogen (secondary N) is 3. The quantitative estimate of drug-likeness (QED) is 0.425. The van der Waals surface area contributed by atoms with E-state index in [-0.39, 0.29) is 5.91 Å². The lowest BCUT2D eigenvalue weighted by Crippen LogP contribution is -2.40. The highest BCUT2D eigenvalue weighted by Gasteiger charge is 2.09. The van der Waals surface area contributed by atoms with E-state index >= 15 is 0 Å². The number of rotatable bonds is 6. The number of methoxy groups -OCH3 is 1. The number of hydrazine groups is 1. The Morgan fingerprint density at radius 1 is 0.742 bits per heavy atom. The van der Waals surface area contributed by atoms with Crippen LogP contribution in [0.3, 0.4) is 0 Å². The summed E-state index contributed by atoms with van der Waals surface area (Å²) in [5.41, 5.74) is 6.88. The first-order valence-electron chi connectivity index (χ1n) is 9.44. The number of hydrogen-bond donors (Lipinski definition) is 3. The minimum atomic E-state index is -0.477. The van der Waals surface area contributed by atoms with Crippen molar-refractivity contribution in [2.75, 3.05) is 12.4 Å². The number of anilines is 1. The largest absolute Gasteiger partial charge is 0.497 e. The van der Waals surface area contributed by atoms with E-state index in [1.165, 1.54) is 6.08 Å². The summed E-state index contributed by atoms with van der Waals surface area (Å²) in [6.45, 7) is 0. The molecular weight excluding hydrogens is 394 g/mol. The smallest absolute Gasteiger partial charge is 0.269 e. The molecule has 3 rings (SSSR count). The Morgan fingerprint density at radius 2 is 1.35 bits per heavy atom. The Kier molecular flexibility index (Phi) is 7.16. The minimum absolute atomic E-state index is 0.280. The zero-order valence-corrected chi connectivity index (χ0v) is 16.8. The van der Waals surface area contributed by atoms with Crippen LogP contribution in [0.1, 0.15) is 26.3 Å². The lowest BCUT2D eigenvalue weighted by atomic mass is 10.1. The van der Waals surface area contributed by atoms with Crippen molar-refractivity contribution in [1.29, 1.82) is 0 Å². The monoisotopic (exact) mass is 415 g/mol. The zero-order valence-electron chi connectivity index (χ0n) is 16.8. The third kappa shape index (κ3) is 6.30. The Bertz CT molecular complexity index is 1080. The summed E-state index contributed by atoms with van der Waals surface area (Å²) in [6, 6.07) is 22.3. The molecular formula is C24H21N3O4. The average molecular weight is 415 g/mol. The summed E-state index contributed by atoms with van der Waals surface area (Å²) in [5.74, 6) is -0.554. The molecule has 0 fully saturated rings. The van der Waals surface area contributed by atoms with Gasteiger partial charge in [0.15, 0.2) is 0 Å². The molecule has 0 aromatic heterocycles. The molecule has 0 bridgehead atoms. The molecule has 3 N–H and O–H groups in total. The van der Waals surface area contributed by atoms with Gasteiger partial charge in [0.2, 0.25) is 0 Å². The highest BCUT2D eigenvalue weighted by Crippen LogP contribution is 2.14. The molecule has 0 aliphatic carbocycles. The summed E-state index contributed by atoms with van der Waals surface area (Å²) in [6.07, 6.45) is 2.97. The zero-order chi connectivity index (χ0) is 22.1. The second-order valence-electron chi connectivity index (χ2n) is 6.45. The highest BCUT2D eigenvalue weighted by molar-refractivity contribution is 6.04. The number of carbonyl (C=O) groups is 3. The molecule has 31 heavy (non-hydrogen) atoms. The summed E-state index contributed by atoms with van der Waals surface area (Å²) in [5, 5.41) is 2.75. The molecule has 0 atom stereocenters. The van der Waals surface area contributed by atoms with E-state index in [9.17, 15) is 14.4 Å². The number of hydrogen-bond acceptors (Lipinski definition) is 4. The van der Waals surface area contributed by atoms with Crippen molar-refractivity contribution in [1.82, 2.24) is 10.9 Å². The summed E-state index contributed by atoms with van der Waals surface area (Å²) < 4.78 is 5.07. The van der Waals surface area contributed by atoms with Crippen LogP contribution in [0.5, 0.6) is 5.75 Å². The van der Waals surface area contributed by atoms with Crippen LogP contribution in [0.25, 0.3) is 6.08 Å². The molecule has 0 saturated carbocycles. The van der Waals surface area contributed by atoms with Crippen molar-refractivity contribution >= 4 is 29.5 Å². The molecule has 7 heteroatoms. The first-order valence-corrected chi connectivity index (χ1v) is 9.44. The molecule has 0 radical (unpaired) electrons. The summed E-state index contributed by atoms with van der Waals surface area (Å²) in [4.78, 5) is 36.3. The van der Waals surface area contributed by atoms with Gasteiger partial charge in [0, 0.05) is 22.9 Å². The Balaban J connectivity index is 1.50. The second kappa shape index (κ2) is 10.4. The van der Waals surface area contributed by atoms with E-state index in [4.69, 9.17) is 4.74 Å². The predicted octanol–water partition coefficient (Wildman–Crippen LogP) is 3.42. The molecule has 3 aromatic carbocycles. The van der Waals surface area contributed by atoms with Gasteiger partial charge in [0.25, 0.3) is 17.7 Å². The third-order valence-corrected chi connectivity index (χ3v) is 4.28. The van der Waals surface area contributed by atoms with Crippen LogP contribution in [0, 0.1) is 0 Å². The van der Waals surface area contributed by atoms with E-state index in [1.54, 1.807) is 61.7 Å². The molecule has 0 spiro atoms. The Morgan fingerprint density at radius 3 is 2.00 bits per heavy atom. The van der Waals surface area contributed by atoms with Crippen LogP contribution in [0.4, 0.5) is 5.69 Å². The van der Waals surface area contributed by atoms with Crippen LogP contribution >= 0.6 is 0 Å². The number of benzene rings is 3. The molecule has 0 saturated heterocycles. The first kappa shape index (κ1) is 21.3. The predicted molar refractivity (Wildman–Crippen MR) is 118 cm³/mol. The minimum Gasteiger partial charge on any atom is -0.497 e. The van der Waals surface area contributed by atoms with Crippen molar-refractivity contribution in [3.63, 3.8) is 0 Å². The molecule has 0 heterocycles. The van der Waals surface area contributed by atoms with Crippen molar-refractivity contribution < 1.29 is 19.1 Å². The fourth-order valence-electron chi connectivity index (χ4n) is 2.62. The second-order valence-corrected chi connectivity index (χ2v) is 6.45. The molecule has 0 aliphatic heterocycles. The van der Waals surface area contributed by atoms with Crippen LogP contribution < -0.4 is 20.9 Å². The van der Waals surface area contributed by atoms with Gasteiger partial charge in [-0.3, -0.25) is 25.2 Å². The van der Waals surface area contributed by atoms with Gasteiger partial charge in [-0.1, -0.05) is 30.3 Å². The summed E-state index contributed by atoms with van der Waals surface area (Å²) in [7, 11) is 1.56. The lowest BCUT2D eigenvalue weighted by molar-refractivity contribution is -0.117. The van der Waals surface area contributed by atoms with Crippen LogP contribution in [0.15, 0.2) is 84.9 Å². The van der Waals surface area contributed by atoms with Gasteiger partial charge in [0.1, 0.15) is 5.75 Å². The van der Waals surface area contributed by atoms with E-state index < -0.39 is 11.8 Å². The van der Waals surface area contributed by atoms with Crippen molar-refractivity contribution in [2.45, 2.75) is 0 Å². The molecule has 7 nitrogen and oxygen atoms in total. The van der Waals surface area contributed by atoms with Crippen molar-refractivity contribution in [3.05, 3.63) is 102 Å². The third-order valence-electron chi connectivity index (χ3n) is 4.28. The van der Waals surface area contributed by atoms with Gasteiger partial charge in [0.05, 0.1) is 7.11 Å². The van der Waals surface area contributed by atoms with Crippen molar-refractivity contribution in [2.24, 2.45) is 0 Å². The van der Waals surface area contributed by atoms with E-state index in [0.29, 0.717) is 22.6 Å². The van der Waals surface area contributed by atoms with Gasteiger partial charge in [-0.25, -0.2) is 0 Å². The van der Waals surface area contributed by atoms with Gasteiger partial charge in [-0.15, -0.1) is 0 Å². The molecule has 156 valence electrons. The fourth-order valence-corrected chi connectivity index (χ4v) is 2.62. The first-order chi connectivity index (χ1) is 15.0. The lowest BCUT2D eigenvalue weighted by Gasteiger charge is -2.08. The van der Waals surface area contributed by atoms with E-state index in [1.807, 2.05) is 30.3 Å². The van der Waals surface area contributed by atoms with Gasteiger partial charge >= 0.3 is 0 Å². The van der Waals surface area contributed by atoms with Gasteiger partial charge in [-0.05, 0) is 60.2 Å².